The number of anilines is 1. The Morgan fingerprint density at radius 2 is 1.88 bits per heavy atom. The summed E-state index contributed by atoms with van der Waals surface area (Å²) in [6.07, 6.45) is 5.99. The minimum absolute atomic E-state index is 0.0546. The Bertz CT molecular complexity index is 888. The number of amides is 1. The van der Waals surface area contributed by atoms with E-state index in [-0.39, 0.29) is 5.91 Å². The summed E-state index contributed by atoms with van der Waals surface area (Å²) in [4.78, 5) is 16.5. The maximum Gasteiger partial charge on any atom is 0.228 e. The Labute approximate surface area is 153 Å². The molecular formula is C22H20N2O2. The Kier molecular flexibility index (Phi) is 5.78. The van der Waals surface area contributed by atoms with Crippen molar-refractivity contribution in [3.05, 3.63) is 89.7 Å². The molecule has 1 amide bonds. The molecule has 1 aromatic heterocycles. The molecular weight excluding hydrogens is 324 g/mol. The van der Waals surface area contributed by atoms with Crippen LogP contribution < -0.4 is 10.1 Å². The van der Waals surface area contributed by atoms with Gasteiger partial charge in [-0.1, -0.05) is 36.4 Å². The third-order valence-corrected chi connectivity index (χ3v) is 3.83. The maximum atomic E-state index is 12.3. The van der Waals surface area contributed by atoms with Crippen LogP contribution in [0.5, 0.6) is 5.75 Å². The van der Waals surface area contributed by atoms with Crippen LogP contribution in [0.15, 0.2) is 72.9 Å². The van der Waals surface area contributed by atoms with Gasteiger partial charge in [0.25, 0.3) is 0 Å². The first-order chi connectivity index (χ1) is 12.7. The first-order valence-corrected chi connectivity index (χ1v) is 8.35. The number of aromatic nitrogens is 1. The molecule has 0 atom stereocenters. The van der Waals surface area contributed by atoms with Gasteiger partial charge >= 0.3 is 0 Å². The van der Waals surface area contributed by atoms with Gasteiger partial charge in [0.1, 0.15) is 5.75 Å². The lowest BCUT2D eigenvalue weighted by molar-refractivity contribution is -0.115. The predicted molar refractivity (Wildman–Crippen MR) is 105 cm³/mol. The smallest absolute Gasteiger partial charge is 0.228 e. The van der Waals surface area contributed by atoms with E-state index in [1.165, 1.54) is 0 Å². The quantitative estimate of drug-likeness (QED) is 0.719. The number of carbonyl (C=O) groups is 1. The topological polar surface area (TPSA) is 51.2 Å². The summed E-state index contributed by atoms with van der Waals surface area (Å²) in [5.41, 5.74) is 3.60. The van der Waals surface area contributed by atoms with Crippen molar-refractivity contribution in [1.82, 2.24) is 4.98 Å². The molecule has 0 unspecified atom stereocenters. The van der Waals surface area contributed by atoms with Crippen LogP contribution in [0.4, 0.5) is 5.69 Å². The molecule has 0 aliphatic carbocycles. The summed E-state index contributed by atoms with van der Waals surface area (Å²) in [6, 6.07) is 21.0. The lowest BCUT2D eigenvalue weighted by Crippen LogP contribution is -2.14. The Morgan fingerprint density at radius 1 is 1.04 bits per heavy atom. The normalized spacial score (nSPS) is 10.7. The predicted octanol–water partition coefficient (Wildman–Crippen LogP) is 4.44. The van der Waals surface area contributed by atoms with Gasteiger partial charge in [-0.3, -0.25) is 9.78 Å². The maximum absolute atomic E-state index is 12.3. The van der Waals surface area contributed by atoms with Gasteiger partial charge in [0.05, 0.1) is 19.2 Å². The highest BCUT2D eigenvalue weighted by Crippen LogP contribution is 2.15. The van der Waals surface area contributed by atoms with Crippen molar-refractivity contribution in [2.45, 2.75) is 6.42 Å². The molecule has 2 aromatic carbocycles. The summed E-state index contributed by atoms with van der Waals surface area (Å²) in [6.45, 7) is 0. The number of ether oxygens (including phenoxy) is 1. The van der Waals surface area contributed by atoms with Gasteiger partial charge in [-0.2, -0.15) is 0 Å². The number of nitrogens with one attached hydrogen (secondary N) is 1. The van der Waals surface area contributed by atoms with Gasteiger partial charge < -0.3 is 10.1 Å². The average molecular weight is 344 g/mol. The molecule has 1 N–H and O–H groups in total. The average Bonchev–Trinajstić information content (AvgIpc) is 2.68. The summed E-state index contributed by atoms with van der Waals surface area (Å²) in [5.74, 6) is 0.725. The number of nitrogens with zero attached hydrogens (tertiary/aromatic N) is 1. The number of hydrogen-bond acceptors (Lipinski definition) is 3. The summed E-state index contributed by atoms with van der Waals surface area (Å²) < 4.78 is 5.13. The van der Waals surface area contributed by atoms with Crippen LogP contribution in [0.2, 0.25) is 0 Å². The minimum atomic E-state index is -0.0546. The zero-order valence-corrected chi connectivity index (χ0v) is 14.6. The fraction of sp³-hybridized carbons (Fsp3) is 0.0909. The van der Waals surface area contributed by atoms with Crippen LogP contribution in [0.3, 0.4) is 0 Å². The van der Waals surface area contributed by atoms with E-state index in [2.05, 4.69) is 10.3 Å². The largest absolute Gasteiger partial charge is 0.497 e. The highest BCUT2D eigenvalue weighted by atomic mass is 16.5. The molecule has 26 heavy (non-hydrogen) atoms. The summed E-state index contributed by atoms with van der Waals surface area (Å²) in [5, 5.41) is 2.94. The third kappa shape index (κ3) is 5.05. The van der Waals surface area contributed by atoms with Gasteiger partial charge in [0.15, 0.2) is 0 Å². The van der Waals surface area contributed by atoms with Crippen LogP contribution in [0.1, 0.15) is 16.8 Å². The first-order valence-electron chi connectivity index (χ1n) is 8.35. The number of benzene rings is 2. The molecule has 4 nitrogen and oxygen atoms in total. The molecule has 0 radical (unpaired) electrons. The van der Waals surface area contributed by atoms with Crippen LogP contribution >= 0.6 is 0 Å². The Hall–Kier alpha value is -3.40. The highest BCUT2D eigenvalue weighted by molar-refractivity contribution is 5.92. The van der Waals surface area contributed by atoms with Crippen molar-refractivity contribution < 1.29 is 9.53 Å². The zero-order valence-electron chi connectivity index (χ0n) is 14.6. The molecule has 3 aromatic rings. The molecule has 0 aliphatic heterocycles. The van der Waals surface area contributed by atoms with Gasteiger partial charge in [-0.25, -0.2) is 0 Å². The molecule has 1 heterocycles. The van der Waals surface area contributed by atoms with E-state index in [9.17, 15) is 4.79 Å². The SMILES string of the molecule is COc1ccc(CC(=O)Nc2cccc(C=Cc3ccccn3)c2)cc1. The molecule has 4 heteroatoms. The Balaban J connectivity index is 1.62. The van der Waals surface area contributed by atoms with Crippen molar-refractivity contribution in [2.24, 2.45) is 0 Å². The minimum Gasteiger partial charge on any atom is -0.497 e. The molecule has 0 fully saturated rings. The van der Waals surface area contributed by atoms with Crippen molar-refractivity contribution in [1.29, 1.82) is 0 Å². The first kappa shape index (κ1) is 17.4. The van der Waals surface area contributed by atoms with Crippen molar-refractivity contribution in [2.75, 3.05) is 12.4 Å². The van der Waals surface area contributed by atoms with E-state index in [0.29, 0.717) is 6.42 Å². The van der Waals surface area contributed by atoms with E-state index < -0.39 is 0 Å². The van der Waals surface area contributed by atoms with Crippen molar-refractivity contribution >= 4 is 23.7 Å². The van der Waals surface area contributed by atoms with Crippen LogP contribution in [-0.2, 0) is 11.2 Å². The molecule has 3 rings (SSSR count). The van der Waals surface area contributed by atoms with Crippen LogP contribution in [-0.4, -0.2) is 18.0 Å². The van der Waals surface area contributed by atoms with Gasteiger partial charge in [0.2, 0.25) is 5.91 Å². The second-order valence-corrected chi connectivity index (χ2v) is 5.79. The molecule has 0 bridgehead atoms. The monoisotopic (exact) mass is 344 g/mol. The number of carbonyl (C=O) groups excluding carboxylic acids is 1. The van der Waals surface area contributed by atoms with E-state index >= 15 is 0 Å². The molecule has 130 valence electrons. The van der Waals surface area contributed by atoms with Crippen molar-refractivity contribution in [3.8, 4) is 5.75 Å². The second-order valence-electron chi connectivity index (χ2n) is 5.79. The summed E-state index contributed by atoms with van der Waals surface area (Å²) in [7, 11) is 1.62. The van der Waals surface area contributed by atoms with Crippen LogP contribution in [0.25, 0.3) is 12.2 Å². The summed E-state index contributed by atoms with van der Waals surface area (Å²) >= 11 is 0. The van der Waals surface area contributed by atoms with E-state index in [1.54, 1.807) is 13.3 Å². The number of pyridine rings is 1. The van der Waals surface area contributed by atoms with Gasteiger partial charge in [0, 0.05) is 11.9 Å². The molecule has 0 saturated heterocycles. The number of rotatable bonds is 6. The van der Waals surface area contributed by atoms with Crippen molar-refractivity contribution in [3.63, 3.8) is 0 Å². The van der Waals surface area contributed by atoms with Crippen LogP contribution in [0, 0.1) is 0 Å². The number of hydrogen-bond donors (Lipinski definition) is 1. The molecule has 0 aliphatic rings. The zero-order chi connectivity index (χ0) is 18.2. The fourth-order valence-electron chi connectivity index (χ4n) is 2.51. The lowest BCUT2D eigenvalue weighted by Gasteiger charge is -2.07. The third-order valence-electron chi connectivity index (χ3n) is 3.83. The second kappa shape index (κ2) is 8.62. The van der Waals surface area contributed by atoms with E-state index in [4.69, 9.17) is 4.74 Å². The Morgan fingerprint density at radius 3 is 2.62 bits per heavy atom. The lowest BCUT2D eigenvalue weighted by atomic mass is 10.1. The van der Waals surface area contributed by atoms with Gasteiger partial charge in [-0.05, 0) is 53.6 Å². The molecule has 0 saturated carbocycles. The molecule has 0 spiro atoms. The fourth-order valence-corrected chi connectivity index (χ4v) is 2.51. The number of methoxy groups -OCH3 is 1. The van der Waals surface area contributed by atoms with E-state index in [0.717, 1.165) is 28.3 Å². The standard InChI is InChI=1S/C22H20N2O2/c1-26-21-12-9-18(10-13-21)16-22(25)24-20-7-4-5-17(15-20)8-11-19-6-2-3-14-23-19/h2-15H,16H2,1H3,(H,24,25). The van der Waals surface area contributed by atoms with E-state index in [1.807, 2.05) is 78.9 Å². The highest BCUT2D eigenvalue weighted by Gasteiger charge is 2.05. The van der Waals surface area contributed by atoms with Gasteiger partial charge in [-0.15, -0.1) is 0 Å².